The first kappa shape index (κ1) is 15.6. The van der Waals surface area contributed by atoms with E-state index in [1.165, 1.54) is 12.8 Å². The van der Waals surface area contributed by atoms with Crippen LogP contribution < -0.4 is 10.5 Å². The van der Waals surface area contributed by atoms with E-state index in [2.05, 4.69) is 24.9 Å². The Kier molecular flexibility index (Phi) is 4.24. The van der Waals surface area contributed by atoms with Crippen molar-refractivity contribution >= 4 is 17.0 Å². The lowest BCUT2D eigenvalue weighted by Gasteiger charge is -2.37. The predicted octanol–water partition coefficient (Wildman–Crippen LogP) is 0.205. The summed E-state index contributed by atoms with van der Waals surface area (Å²) in [6, 6.07) is 0. The highest BCUT2D eigenvalue weighted by molar-refractivity contribution is 5.74. The fourth-order valence-electron chi connectivity index (χ4n) is 3.61. The molecule has 0 radical (unpaired) electrons. The van der Waals surface area contributed by atoms with Crippen LogP contribution in [0.5, 0.6) is 0 Å². The van der Waals surface area contributed by atoms with Crippen molar-refractivity contribution in [3.05, 3.63) is 16.6 Å². The second-order valence-corrected chi connectivity index (χ2v) is 6.74. The van der Waals surface area contributed by atoms with Gasteiger partial charge in [0.1, 0.15) is 5.39 Å². The number of nitrogens with one attached hydrogen (secondary N) is 1. The van der Waals surface area contributed by atoms with E-state index in [1.54, 1.807) is 10.9 Å². The normalized spacial score (nSPS) is 20.8. The van der Waals surface area contributed by atoms with Crippen molar-refractivity contribution in [3.63, 3.8) is 0 Å². The minimum Gasteiger partial charge on any atom is -0.381 e. The van der Waals surface area contributed by atoms with Crippen molar-refractivity contribution in [2.24, 2.45) is 13.0 Å². The Morgan fingerprint density at radius 2 is 2.00 bits per heavy atom. The molecule has 1 N–H and O–H groups in total. The summed E-state index contributed by atoms with van der Waals surface area (Å²) in [4.78, 5) is 24.4. The summed E-state index contributed by atoms with van der Waals surface area (Å²) in [5.41, 5.74) is 0.520. The maximum absolute atomic E-state index is 12.2. The second-order valence-electron chi connectivity index (χ2n) is 6.74. The second kappa shape index (κ2) is 6.52. The first-order valence-electron chi connectivity index (χ1n) is 8.68. The van der Waals surface area contributed by atoms with Gasteiger partial charge in [0.15, 0.2) is 5.65 Å². The van der Waals surface area contributed by atoms with Gasteiger partial charge in [-0.1, -0.05) is 0 Å². The van der Waals surface area contributed by atoms with Crippen LogP contribution in [0.4, 0.5) is 5.95 Å². The Labute approximate surface area is 140 Å². The molecule has 0 amide bonds. The molecule has 0 unspecified atom stereocenters. The molecule has 8 nitrogen and oxygen atoms in total. The average Bonchev–Trinajstić information content (AvgIpc) is 2.98. The van der Waals surface area contributed by atoms with Crippen LogP contribution in [-0.2, 0) is 11.8 Å². The molecule has 24 heavy (non-hydrogen) atoms. The third-order valence-electron chi connectivity index (χ3n) is 5.12. The number of ether oxygens (including phenoxy) is 1. The largest absolute Gasteiger partial charge is 0.381 e. The lowest BCUT2D eigenvalue weighted by atomic mass is 9.99. The molecule has 2 fully saturated rings. The van der Waals surface area contributed by atoms with Crippen molar-refractivity contribution in [2.45, 2.75) is 12.8 Å². The van der Waals surface area contributed by atoms with E-state index in [0.717, 1.165) is 51.9 Å². The van der Waals surface area contributed by atoms with Crippen molar-refractivity contribution in [1.29, 1.82) is 0 Å². The van der Waals surface area contributed by atoms with E-state index in [9.17, 15) is 4.79 Å². The van der Waals surface area contributed by atoms with Crippen LogP contribution in [0, 0.1) is 5.92 Å². The van der Waals surface area contributed by atoms with E-state index in [1.807, 2.05) is 7.05 Å². The number of rotatable bonds is 3. The van der Waals surface area contributed by atoms with Crippen LogP contribution in [0.2, 0.25) is 0 Å². The van der Waals surface area contributed by atoms with Gasteiger partial charge in [-0.25, -0.2) is 0 Å². The molecule has 2 aliphatic rings. The zero-order valence-corrected chi connectivity index (χ0v) is 14.1. The molecule has 2 aromatic heterocycles. The zero-order chi connectivity index (χ0) is 16.5. The standard InChI is InChI=1S/C16H24N6O2/c1-20-14-13(10-17-20)15(23)19-16(18-14)22-6-4-21(5-7-22)11-12-2-8-24-9-3-12/h10,12H,2-9,11H2,1H3,(H,18,19,23). The quantitative estimate of drug-likeness (QED) is 0.865. The molecule has 0 atom stereocenters. The van der Waals surface area contributed by atoms with Crippen molar-refractivity contribution in [3.8, 4) is 0 Å². The third-order valence-corrected chi connectivity index (χ3v) is 5.12. The topological polar surface area (TPSA) is 79.3 Å². The Balaban J connectivity index is 1.42. The molecule has 0 saturated carbocycles. The number of anilines is 1. The average molecular weight is 332 g/mol. The van der Waals surface area contributed by atoms with Crippen molar-refractivity contribution < 1.29 is 4.74 Å². The Morgan fingerprint density at radius 3 is 2.75 bits per heavy atom. The van der Waals surface area contributed by atoms with Crippen molar-refractivity contribution in [1.82, 2.24) is 24.6 Å². The molecule has 0 aromatic carbocycles. The smallest absolute Gasteiger partial charge is 0.263 e. The molecule has 2 aromatic rings. The van der Waals surface area contributed by atoms with Gasteiger partial charge in [-0.2, -0.15) is 10.1 Å². The van der Waals surface area contributed by atoms with E-state index in [4.69, 9.17) is 4.74 Å². The predicted molar refractivity (Wildman–Crippen MR) is 91.3 cm³/mol. The van der Waals surface area contributed by atoms with Crippen molar-refractivity contribution in [2.75, 3.05) is 50.8 Å². The Bertz CT molecular complexity index is 756. The molecule has 8 heteroatoms. The first-order valence-corrected chi connectivity index (χ1v) is 8.68. The maximum atomic E-state index is 12.2. The molecule has 0 aliphatic carbocycles. The summed E-state index contributed by atoms with van der Waals surface area (Å²) < 4.78 is 7.09. The number of nitrogens with zero attached hydrogens (tertiary/aromatic N) is 5. The summed E-state index contributed by atoms with van der Waals surface area (Å²) in [5, 5.41) is 4.66. The molecule has 4 heterocycles. The van der Waals surface area contributed by atoms with Gasteiger partial charge in [-0.3, -0.25) is 19.4 Å². The SMILES string of the molecule is Cn1ncc2c(=O)[nH]c(N3CCN(CC4CCOCC4)CC3)nc21. The Hall–Kier alpha value is -1.93. The number of aromatic nitrogens is 4. The number of piperazine rings is 1. The number of aryl methyl sites for hydroxylation is 1. The number of fused-ring (bicyclic) bond motifs is 1. The van der Waals surface area contributed by atoms with E-state index in [-0.39, 0.29) is 5.56 Å². The number of H-pyrrole nitrogens is 1. The van der Waals surface area contributed by atoms with Gasteiger partial charge in [0, 0.05) is 53.0 Å². The van der Waals surface area contributed by atoms with Crippen LogP contribution >= 0.6 is 0 Å². The fraction of sp³-hybridized carbons (Fsp3) is 0.688. The minimum absolute atomic E-state index is 0.118. The molecule has 4 rings (SSSR count). The molecule has 0 spiro atoms. The van der Waals surface area contributed by atoms with Gasteiger partial charge >= 0.3 is 0 Å². The minimum atomic E-state index is -0.118. The van der Waals surface area contributed by atoms with E-state index >= 15 is 0 Å². The summed E-state index contributed by atoms with van der Waals surface area (Å²) in [6.07, 6.45) is 3.91. The lowest BCUT2D eigenvalue weighted by molar-refractivity contribution is 0.0517. The summed E-state index contributed by atoms with van der Waals surface area (Å²) in [7, 11) is 1.81. The number of hydrogen-bond acceptors (Lipinski definition) is 6. The third kappa shape index (κ3) is 3.03. The van der Waals surface area contributed by atoms with E-state index in [0.29, 0.717) is 17.0 Å². The zero-order valence-electron chi connectivity index (χ0n) is 14.1. The van der Waals surface area contributed by atoms with E-state index < -0.39 is 0 Å². The molecular formula is C16H24N6O2. The summed E-state index contributed by atoms with van der Waals surface area (Å²) >= 11 is 0. The van der Waals surface area contributed by atoms with Crippen LogP contribution in [0.25, 0.3) is 11.0 Å². The van der Waals surface area contributed by atoms with Crippen LogP contribution in [-0.4, -0.2) is 70.6 Å². The van der Waals surface area contributed by atoms with Gasteiger partial charge in [0.25, 0.3) is 5.56 Å². The van der Waals surface area contributed by atoms with Gasteiger partial charge in [0.05, 0.1) is 6.20 Å². The van der Waals surface area contributed by atoms with Gasteiger partial charge in [-0.15, -0.1) is 0 Å². The fourth-order valence-corrected chi connectivity index (χ4v) is 3.61. The highest BCUT2D eigenvalue weighted by Crippen LogP contribution is 2.18. The number of hydrogen-bond donors (Lipinski definition) is 1. The van der Waals surface area contributed by atoms with Gasteiger partial charge in [0.2, 0.25) is 5.95 Å². The van der Waals surface area contributed by atoms with Crippen LogP contribution in [0.1, 0.15) is 12.8 Å². The highest BCUT2D eigenvalue weighted by atomic mass is 16.5. The summed E-state index contributed by atoms with van der Waals surface area (Å²) in [5.74, 6) is 1.41. The van der Waals surface area contributed by atoms with Crippen LogP contribution in [0.3, 0.4) is 0 Å². The monoisotopic (exact) mass is 332 g/mol. The van der Waals surface area contributed by atoms with Crippen LogP contribution in [0.15, 0.2) is 11.0 Å². The molecular weight excluding hydrogens is 308 g/mol. The molecule has 130 valence electrons. The van der Waals surface area contributed by atoms with Gasteiger partial charge in [-0.05, 0) is 18.8 Å². The molecule has 2 aliphatic heterocycles. The number of aromatic amines is 1. The van der Waals surface area contributed by atoms with Gasteiger partial charge < -0.3 is 9.64 Å². The maximum Gasteiger partial charge on any atom is 0.263 e. The Morgan fingerprint density at radius 1 is 1.25 bits per heavy atom. The highest BCUT2D eigenvalue weighted by Gasteiger charge is 2.23. The summed E-state index contributed by atoms with van der Waals surface area (Å²) in [6.45, 7) is 6.74. The molecule has 0 bridgehead atoms. The lowest BCUT2D eigenvalue weighted by Crippen LogP contribution is -2.49. The first-order chi connectivity index (χ1) is 11.7. The molecule has 2 saturated heterocycles.